The van der Waals surface area contributed by atoms with E-state index in [1.54, 1.807) is 18.5 Å². The summed E-state index contributed by atoms with van der Waals surface area (Å²) in [5.74, 6) is -0.385. The highest BCUT2D eigenvalue weighted by Gasteiger charge is 2.41. The van der Waals surface area contributed by atoms with E-state index in [-0.39, 0.29) is 18.1 Å². The molecule has 0 unspecified atom stereocenters. The normalized spacial score (nSPS) is 17.4. The van der Waals surface area contributed by atoms with Gasteiger partial charge in [0, 0.05) is 37.0 Å². The fraction of sp³-hybridized carbons (Fsp3) is 0.154. The van der Waals surface area contributed by atoms with Crippen LogP contribution in [0.5, 0.6) is 0 Å². The van der Waals surface area contributed by atoms with Gasteiger partial charge in [0.25, 0.3) is 0 Å². The van der Waals surface area contributed by atoms with Crippen LogP contribution in [-0.2, 0) is 11.3 Å². The minimum absolute atomic E-state index is 0.177. The lowest BCUT2D eigenvalue weighted by molar-refractivity contribution is 0.0600. The van der Waals surface area contributed by atoms with Crippen LogP contribution in [0.25, 0.3) is 5.69 Å². The van der Waals surface area contributed by atoms with Crippen molar-refractivity contribution in [3.05, 3.63) is 114 Å². The Bertz CT molecular complexity index is 1310. The third-order valence-corrected chi connectivity index (χ3v) is 6.28. The highest BCUT2D eigenvalue weighted by Crippen LogP contribution is 2.40. The molecule has 7 nitrogen and oxygen atoms in total. The number of hydrogen-bond acceptors (Lipinski definition) is 5. The zero-order valence-corrected chi connectivity index (χ0v) is 19.4. The summed E-state index contributed by atoms with van der Waals surface area (Å²) in [5.41, 5.74) is 4.14. The molecule has 4 aromatic rings. The molecule has 0 amide bonds. The molecule has 1 saturated heterocycles. The molecular formula is C26H23N5O2S. The number of hydrogen-bond donors (Lipinski definition) is 1. The first kappa shape index (κ1) is 21.8. The zero-order valence-electron chi connectivity index (χ0n) is 18.5. The van der Waals surface area contributed by atoms with Crippen LogP contribution >= 0.6 is 12.2 Å². The standard InChI is InChI=1S/C26H23N5O2S/c1-33-25(32)19-9-2-3-11-21(19)30-15-7-12-22(30)24-23(20-10-4-5-14-28-20)29-26(34)31(24)17-18-8-6-13-27-16-18/h2-16,23-24H,17H2,1H3,(H,29,34)/t23-,24-/m1/s1. The van der Waals surface area contributed by atoms with Crippen LogP contribution in [0.15, 0.2) is 91.5 Å². The van der Waals surface area contributed by atoms with Gasteiger partial charge in [-0.1, -0.05) is 24.3 Å². The zero-order chi connectivity index (χ0) is 23.5. The second-order valence-corrected chi connectivity index (χ2v) is 8.31. The molecule has 1 aliphatic rings. The number of carbonyl (C=O) groups is 1. The van der Waals surface area contributed by atoms with Crippen LogP contribution in [0.1, 0.15) is 39.4 Å². The van der Waals surface area contributed by atoms with E-state index in [0.717, 1.165) is 22.6 Å². The van der Waals surface area contributed by atoms with Crippen molar-refractivity contribution in [1.29, 1.82) is 0 Å². The largest absolute Gasteiger partial charge is 0.465 e. The molecule has 1 N–H and O–H groups in total. The lowest BCUT2D eigenvalue weighted by Gasteiger charge is -2.29. The van der Waals surface area contributed by atoms with Gasteiger partial charge in [-0.2, -0.15) is 0 Å². The van der Waals surface area contributed by atoms with Gasteiger partial charge < -0.3 is 19.5 Å². The average Bonchev–Trinajstić information content (AvgIpc) is 3.49. The molecule has 3 aromatic heterocycles. The van der Waals surface area contributed by atoms with E-state index < -0.39 is 0 Å². The van der Waals surface area contributed by atoms with Crippen LogP contribution in [0.2, 0.25) is 0 Å². The van der Waals surface area contributed by atoms with E-state index in [2.05, 4.69) is 26.3 Å². The van der Waals surface area contributed by atoms with E-state index in [9.17, 15) is 4.79 Å². The Morgan fingerprint density at radius 2 is 1.91 bits per heavy atom. The maximum absolute atomic E-state index is 12.5. The Balaban J connectivity index is 1.63. The molecule has 0 radical (unpaired) electrons. The molecule has 1 fully saturated rings. The number of methoxy groups -OCH3 is 1. The molecule has 4 heterocycles. The Hall–Kier alpha value is -4.04. The molecule has 0 bridgehead atoms. The van der Waals surface area contributed by atoms with Crippen molar-refractivity contribution in [2.75, 3.05) is 7.11 Å². The minimum Gasteiger partial charge on any atom is -0.465 e. The van der Waals surface area contributed by atoms with Gasteiger partial charge in [-0.05, 0) is 60.2 Å². The van der Waals surface area contributed by atoms with Crippen LogP contribution in [0.3, 0.4) is 0 Å². The van der Waals surface area contributed by atoms with Crippen molar-refractivity contribution in [3.63, 3.8) is 0 Å². The maximum atomic E-state index is 12.5. The predicted molar refractivity (Wildman–Crippen MR) is 132 cm³/mol. The lowest BCUT2D eigenvalue weighted by Crippen LogP contribution is -2.30. The summed E-state index contributed by atoms with van der Waals surface area (Å²) in [6.07, 6.45) is 7.34. The monoisotopic (exact) mass is 469 g/mol. The Labute approximate surface area is 203 Å². The Kier molecular flexibility index (Phi) is 6.05. The number of thiocarbonyl (C=S) groups is 1. The second-order valence-electron chi connectivity index (χ2n) is 7.93. The van der Waals surface area contributed by atoms with Gasteiger partial charge >= 0.3 is 5.97 Å². The highest BCUT2D eigenvalue weighted by molar-refractivity contribution is 7.80. The number of pyridine rings is 2. The third-order valence-electron chi connectivity index (χ3n) is 5.93. The highest BCUT2D eigenvalue weighted by atomic mass is 32.1. The van der Waals surface area contributed by atoms with Crippen LogP contribution in [0.4, 0.5) is 0 Å². The topological polar surface area (TPSA) is 72.3 Å². The minimum atomic E-state index is -0.385. The molecule has 1 aliphatic heterocycles. The first-order chi connectivity index (χ1) is 16.7. The fourth-order valence-corrected chi connectivity index (χ4v) is 4.71. The molecule has 0 saturated carbocycles. The van der Waals surface area contributed by atoms with Gasteiger partial charge in [0.1, 0.15) is 0 Å². The summed E-state index contributed by atoms with van der Waals surface area (Å²) >= 11 is 5.80. The summed E-state index contributed by atoms with van der Waals surface area (Å²) in [4.78, 5) is 23.5. The first-order valence-electron chi connectivity index (χ1n) is 10.9. The average molecular weight is 470 g/mol. The first-order valence-corrected chi connectivity index (χ1v) is 11.3. The van der Waals surface area contributed by atoms with Crippen molar-refractivity contribution in [1.82, 2.24) is 24.8 Å². The fourth-order valence-electron chi connectivity index (χ4n) is 4.41. The number of rotatable bonds is 6. The number of nitrogens with zero attached hydrogens (tertiary/aromatic N) is 4. The summed E-state index contributed by atoms with van der Waals surface area (Å²) in [6.45, 7) is 0.581. The number of aromatic nitrogens is 3. The van der Waals surface area contributed by atoms with Crippen molar-refractivity contribution < 1.29 is 9.53 Å². The molecular weight excluding hydrogens is 446 g/mol. The smallest absolute Gasteiger partial charge is 0.339 e. The van der Waals surface area contributed by atoms with Gasteiger partial charge in [0.05, 0.1) is 36.1 Å². The second kappa shape index (κ2) is 9.44. The van der Waals surface area contributed by atoms with Crippen LogP contribution in [0, 0.1) is 0 Å². The summed E-state index contributed by atoms with van der Waals surface area (Å²) < 4.78 is 7.06. The number of para-hydroxylation sites is 1. The molecule has 1 aromatic carbocycles. The van der Waals surface area contributed by atoms with Gasteiger partial charge in [0.15, 0.2) is 5.11 Å². The van der Waals surface area contributed by atoms with Crippen LogP contribution < -0.4 is 5.32 Å². The number of carbonyl (C=O) groups excluding carboxylic acids is 1. The van der Waals surface area contributed by atoms with E-state index in [4.69, 9.17) is 17.0 Å². The van der Waals surface area contributed by atoms with Gasteiger partial charge in [0.2, 0.25) is 0 Å². The van der Waals surface area contributed by atoms with E-state index in [1.807, 2.05) is 71.6 Å². The van der Waals surface area contributed by atoms with E-state index in [0.29, 0.717) is 17.2 Å². The van der Waals surface area contributed by atoms with Crippen molar-refractivity contribution in [3.8, 4) is 5.69 Å². The molecule has 2 atom stereocenters. The number of ether oxygens (including phenoxy) is 1. The Morgan fingerprint density at radius 1 is 1.06 bits per heavy atom. The molecule has 0 spiro atoms. The van der Waals surface area contributed by atoms with Gasteiger partial charge in [-0.25, -0.2) is 4.79 Å². The molecule has 8 heteroatoms. The van der Waals surface area contributed by atoms with Crippen molar-refractivity contribution in [2.24, 2.45) is 0 Å². The van der Waals surface area contributed by atoms with Gasteiger partial charge in [-0.3, -0.25) is 9.97 Å². The predicted octanol–water partition coefficient (Wildman–Crippen LogP) is 4.23. The third kappa shape index (κ3) is 4.04. The molecule has 170 valence electrons. The quantitative estimate of drug-likeness (QED) is 0.335. The number of esters is 1. The van der Waals surface area contributed by atoms with Crippen molar-refractivity contribution >= 4 is 23.3 Å². The SMILES string of the molecule is COC(=O)c1ccccc1-n1cccc1[C@@H]1[C@@H](c2ccccn2)NC(=S)N1Cc1cccnc1. The summed E-state index contributed by atoms with van der Waals surface area (Å²) in [7, 11) is 1.39. The van der Waals surface area contributed by atoms with E-state index in [1.165, 1.54) is 7.11 Å². The lowest BCUT2D eigenvalue weighted by atomic mass is 10.0. The summed E-state index contributed by atoms with van der Waals surface area (Å²) in [5, 5.41) is 4.11. The van der Waals surface area contributed by atoms with E-state index >= 15 is 0 Å². The molecule has 0 aliphatic carbocycles. The number of nitrogens with one attached hydrogen (secondary N) is 1. The molecule has 5 rings (SSSR count). The number of benzene rings is 1. The summed E-state index contributed by atoms with van der Waals surface area (Å²) in [6, 6.07) is 20.9. The maximum Gasteiger partial charge on any atom is 0.339 e. The van der Waals surface area contributed by atoms with Crippen molar-refractivity contribution in [2.45, 2.75) is 18.6 Å². The Morgan fingerprint density at radius 3 is 2.68 bits per heavy atom. The molecule has 34 heavy (non-hydrogen) atoms. The van der Waals surface area contributed by atoms with Crippen LogP contribution in [-0.4, -0.2) is 37.6 Å². The van der Waals surface area contributed by atoms with Gasteiger partial charge in [-0.15, -0.1) is 0 Å².